The average Bonchev–Trinajstić information content (AvgIpc) is 3.26. The Hall–Kier alpha value is -3.06. The van der Waals surface area contributed by atoms with Gasteiger partial charge >= 0.3 is 18.2 Å². The largest absolute Gasteiger partial charge is 0.508 e. The van der Waals surface area contributed by atoms with Gasteiger partial charge in [-0.05, 0) is 26.2 Å². The summed E-state index contributed by atoms with van der Waals surface area (Å²) in [5, 5.41) is 18.4. The molecule has 1 aliphatic heterocycles. The number of aromatic nitrogens is 4. The fraction of sp³-hybridized carbons (Fsp3) is 0.611. The molecule has 1 aliphatic rings. The summed E-state index contributed by atoms with van der Waals surface area (Å²) in [6.45, 7) is 1.20. The second kappa shape index (κ2) is 9.39. The van der Waals surface area contributed by atoms with Crippen molar-refractivity contribution in [3.05, 3.63) is 12.4 Å². The van der Waals surface area contributed by atoms with E-state index < -0.39 is 42.7 Å². The first-order chi connectivity index (χ1) is 14.7. The normalized spacial score (nSPS) is 23.2. The lowest BCUT2D eigenvalue weighted by Gasteiger charge is -2.27. The molecular formula is C18H24FN5O7. The number of carbonyl (C=O) groups excluding carboxylic acids is 1. The summed E-state index contributed by atoms with van der Waals surface area (Å²) in [5.41, 5.74) is 4.74. The first kappa shape index (κ1) is 22.6. The number of aliphatic hydroxyl groups is 1. The van der Waals surface area contributed by atoms with Gasteiger partial charge in [-0.2, -0.15) is 14.4 Å². The van der Waals surface area contributed by atoms with Crippen LogP contribution in [0.25, 0.3) is 11.2 Å². The molecule has 170 valence electrons. The smallest absolute Gasteiger partial charge is 0.481 e. The maximum Gasteiger partial charge on any atom is 0.508 e. The third-order valence-electron chi connectivity index (χ3n) is 5.04. The van der Waals surface area contributed by atoms with Crippen molar-refractivity contribution in [2.24, 2.45) is 0 Å². The SMILES string of the molecule is C[C@]1(CO)O[C@@H](n2cnc3c(N)nc(F)nc32)C[C@@H]1OC(=O)OCCCCCC(=O)O. The number of rotatable bonds is 9. The zero-order valence-corrected chi connectivity index (χ0v) is 16.9. The van der Waals surface area contributed by atoms with Gasteiger partial charge in [0.05, 0.1) is 19.5 Å². The molecule has 0 aliphatic carbocycles. The number of unbranched alkanes of at least 4 members (excludes halogenated alkanes) is 2. The molecule has 3 atom stereocenters. The number of carbonyl (C=O) groups is 2. The maximum absolute atomic E-state index is 13.6. The number of fused-ring (bicyclic) bond motifs is 1. The maximum atomic E-state index is 13.6. The fourth-order valence-corrected chi connectivity index (χ4v) is 3.33. The van der Waals surface area contributed by atoms with Crippen molar-refractivity contribution < 1.29 is 38.4 Å². The van der Waals surface area contributed by atoms with Crippen LogP contribution in [-0.4, -0.2) is 66.8 Å². The quantitative estimate of drug-likeness (QED) is 0.291. The first-order valence-corrected chi connectivity index (χ1v) is 9.73. The topological polar surface area (TPSA) is 172 Å². The lowest BCUT2D eigenvalue weighted by Crippen LogP contribution is -2.42. The molecule has 12 nitrogen and oxygen atoms in total. The Kier molecular flexibility index (Phi) is 6.85. The molecule has 2 aromatic rings. The molecule has 0 bridgehead atoms. The van der Waals surface area contributed by atoms with E-state index in [1.54, 1.807) is 6.92 Å². The molecule has 4 N–H and O–H groups in total. The van der Waals surface area contributed by atoms with Crippen molar-refractivity contribution in [3.63, 3.8) is 0 Å². The van der Waals surface area contributed by atoms with Gasteiger partial charge in [0.25, 0.3) is 0 Å². The molecule has 0 saturated carbocycles. The van der Waals surface area contributed by atoms with Crippen molar-refractivity contribution in [2.45, 2.75) is 57.0 Å². The number of nitrogens with two attached hydrogens (primary N) is 1. The predicted molar refractivity (Wildman–Crippen MR) is 102 cm³/mol. The summed E-state index contributed by atoms with van der Waals surface area (Å²) >= 11 is 0. The van der Waals surface area contributed by atoms with Crippen LogP contribution in [0.15, 0.2) is 6.33 Å². The highest BCUT2D eigenvalue weighted by Crippen LogP contribution is 2.39. The van der Waals surface area contributed by atoms with Crippen LogP contribution in [0.4, 0.5) is 15.0 Å². The predicted octanol–water partition coefficient (Wildman–Crippen LogP) is 1.38. The van der Waals surface area contributed by atoms with Crippen LogP contribution in [0.1, 0.15) is 45.3 Å². The molecule has 3 heterocycles. The van der Waals surface area contributed by atoms with Gasteiger partial charge in [0.15, 0.2) is 17.0 Å². The van der Waals surface area contributed by atoms with Gasteiger partial charge in [0.1, 0.15) is 17.9 Å². The van der Waals surface area contributed by atoms with E-state index in [-0.39, 0.29) is 36.4 Å². The molecule has 31 heavy (non-hydrogen) atoms. The summed E-state index contributed by atoms with van der Waals surface area (Å²) in [4.78, 5) is 33.7. The van der Waals surface area contributed by atoms with Crippen LogP contribution in [-0.2, 0) is 19.0 Å². The van der Waals surface area contributed by atoms with Gasteiger partial charge in [0.2, 0.25) is 0 Å². The summed E-state index contributed by atoms with van der Waals surface area (Å²) in [6.07, 6.45) is -0.444. The number of imidazole rings is 1. The van der Waals surface area contributed by atoms with Crippen molar-refractivity contribution >= 4 is 29.1 Å². The van der Waals surface area contributed by atoms with E-state index in [9.17, 15) is 19.1 Å². The lowest BCUT2D eigenvalue weighted by molar-refractivity contribution is -0.137. The van der Waals surface area contributed by atoms with Crippen molar-refractivity contribution in [1.82, 2.24) is 19.5 Å². The Bertz CT molecular complexity index is 955. The van der Waals surface area contributed by atoms with E-state index in [4.69, 9.17) is 25.1 Å². The average molecular weight is 441 g/mol. The Labute approximate surface area is 176 Å². The number of ether oxygens (including phenoxy) is 3. The highest BCUT2D eigenvalue weighted by atomic mass is 19.1. The summed E-state index contributed by atoms with van der Waals surface area (Å²) in [5.74, 6) is -0.995. The van der Waals surface area contributed by atoms with E-state index >= 15 is 0 Å². The van der Waals surface area contributed by atoms with Crippen LogP contribution in [0.3, 0.4) is 0 Å². The Morgan fingerprint density at radius 3 is 2.87 bits per heavy atom. The number of nitrogens with zero attached hydrogens (tertiary/aromatic N) is 4. The van der Waals surface area contributed by atoms with Crippen molar-refractivity contribution in [1.29, 1.82) is 0 Å². The van der Waals surface area contributed by atoms with Crippen LogP contribution in [0.2, 0.25) is 0 Å². The fourth-order valence-electron chi connectivity index (χ4n) is 3.33. The van der Waals surface area contributed by atoms with Gasteiger partial charge in [-0.3, -0.25) is 9.36 Å². The number of aliphatic hydroxyl groups excluding tert-OH is 1. The minimum atomic E-state index is -1.24. The number of carboxylic acid groups (broad SMARTS) is 1. The molecule has 0 amide bonds. The van der Waals surface area contributed by atoms with Crippen LogP contribution in [0.5, 0.6) is 0 Å². The van der Waals surface area contributed by atoms with Crippen LogP contribution < -0.4 is 5.73 Å². The minimum Gasteiger partial charge on any atom is -0.481 e. The lowest BCUT2D eigenvalue weighted by atomic mass is 10.0. The van der Waals surface area contributed by atoms with Gasteiger partial charge in [0, 0.05) is 12.8 Å². The van der Waals surface area contributed by atoms with Gasteiger partial charge in [-0.15, -0.1) is 0 Å². The summed E-state index contributed by atoms with van der Waals surface area (Å²) < 4.78 is 31.3. The van der Waals surface area contributed by atoms with Crippen LogP contribution in [0, 0.1) is 6.08 Å². The monoisotopic (exact) mass is 441 g/mol. The first-order valence-electron chi connectivity index (χ1n) is 9.73. The number of hydrogen-bond donors (Lipinski definition) is 3. The molecular weight excluding hydrogens is 417 g/mol. The molecule has 3 rings (SSSR count). The zero-order chi connectivity index (χ0) is 22.6. The summed E-state index contributed by atoms with van der Waals surface area (Å²) in [7, 11) is 0. The van der Waals surface area contributed by atoms with E-state index in [1.165, 1.54) is 10.9 Å². The highest BCUT2D eigenvalue weighted by molar-refractivity contribution is 5.81. The van der Waals surface area contributed by atoms with Crippen molar-refractivity contribution in [2.75, 3.05) is 18.9 Å². The Morgan fingerprint density at radius 2 is 2.16 bits per heavy atom. The van der Waals surface area contributed by atoms with E-state index in [0.717, 1.165) is 0 Å². The third-order valence-corrected chi connectivity index (χ3v) is 5.04. The zero-order valence-electron chi connectivity index (χ0n) is 16.9. The number of aliphatic carboxylic acids is 1. The third kappa shape index (κ3) is 5.17. The van der Waals surface area contributed by atoms with E-state index in [0.29, 0.717) is 19.3 Å². The Morgan fingerprint density at radius 1 is 1.39 bits per heavy atom. The number of nitrogen functional groups attached to an aromatic ring is 1. The summed E-state index contributed by atoms with van der Waals surface area (Å²) in [6, 6.07) is 0. The molecule has 0 radical (unpaired) electrons. The van der Waals surface area contributed by atoms with Crippen molar-refractivity contribution in [3.8, 4) is 0 Å². The number of carboxylic acids is 1. The van der Waals surface area contributed by atoms with E-state index in [2.05, 4.69) is 15.0 Å². The molecule has 0 spiro atoms. The molecule has 0 aromatic carbocycles. The van der Waals surface area contributed by atoms with Crippen LogP contribution >= 0.6 is 0 Å². The van der Waals surface area contributed by atoms with Gasteiger partial charge < -0.3 is 30.2 Å². The molecule has 1 saturated heterocycles. The Balaban J connectivity index is 1.61. The number of anilines is 1. The standard InChI is InChI=1S/C18H24FN5O7/c1-18(8-25)10(30-17(28)29-6-4-2-3-5-12(26)27)7-11(31-18)24-9-21-13-14(20)22-16(19)23-15(13)24/h9-11,25H,2-8H2,1H3,(H,26,27)(H2,20,22,23)/t10-,11+,18+/m0/s1. The second-order valence-corrected chi connectivity index (χ2v) is 7.39. The van der Waals surface area contributed by atoms with E-state index in [1.807, 2.05) is 0 Å². The molecule has 0 unspecified atom stereocenters. The van der Waals surface area contributed by atoms with Gasteiger partial charge in [-0.1, -0.05) is 0 Å². The second-order valence-electron chi connectivity index (χ2n) is 7.39. The highest BCUT2D eigenvalue weighted by Gasteiger charge is 2.49. The molecule has 2 aromatic heterocycles. The number of hydrogen-bond acceptors (Lipinski definition) is 10. The minimum absolute atomic E-state index is 0.0590. The number of halogens is 1. The molecule has 1 fully saturated rings. The van der Waals surface area contributed by atoms with Gasteiger partial charge in [-0.25, -0.2) is 9.78 Å². The molecule has 13 heteroatoms.